The maximum atomic E-state index is 10.4. The van der Waals surface area contributed by atoms with Gasteiger partial charge in [0.1, 0.15) is 0 Å². The lowest BCUT2D eigenvalue weighted by Crippen LogP contribution is -2.55. The lowest BCUT2D eigenvalue weighted by atomic mass is 9.82. The van der Waals surface area contributed by atoms with Crippen LogP contribution in [0.3, 0.4) is 0 Å². The number of para-hydroxylation sites is 1. The highest BCUT2D eigenvalue weighted by Gasteiger charge is 2.43. The molecule has 0 radical (unpaired) electrons. The maximum absolute atomic E-state index is 10.4. The first-order valence-corrected chi connectivity index (χ1v) is 8.75. The summed E-state index contributed by atoms with van der Waals surface area (Å²) in [6.07, 6.45) is 5.74. The van der Waals surface area contributed by atoms with Crippen molar-refractivity contribution in [3.05, 3.63) is 36.0 Å². The molecule has 0 saturated carbocycles. The van der Waals surface area contributed by atoms with Crippen LogP contribution in [0, 0.1) is 0 Å². The molecule has 4 heteroatoms. The van der Waals surface area contributed by atoms with Gasteiger partial charge in [-0.2, -0.15) is 0 Å². The molecular formula is C19H26N2O2. The molecule has 2 fully saturated rings. The van der Waals surface area contributed by atoms with E-state index in [1.54, 1.807) is 0 Å². The van der Waals surface area contributed by atoms with Crippen LogP contribution >= 0.6 is 0 Å². The maximum Gasteiger partial charge on any atom is 0.0964 e. The smallest absolute Gasteiger partial charge is 0.0964 e. The van der Waals surface area contributed by atoms with Gasteiger partial charge in [-0.1, -0.05) is 18.2 Å². The van der Waals surface area contributed by atoms with Gasteiger partial charge in [0.05, 0.1) is 11.7 Å². The molecule has 0 bridgehead atoms. The predicted molar refractivity (Wildman–Crippen MR) is 91.4 cm³/mol. The summed E-state index contributed by atoms with van der Waals surface area (Å²) in [5, 5.41) is 11.7. The number of aryl methyl sites for hydroxylation is 1. The van der Waals surface area contributed by atoms with Crippen molar-refractivity contribution in [2.24, 2.45) is 7.05 Å². The van der Waals surface area contributed by atoms with E-state index in [4.69, 9.17) is 4.74 Å². The molecule has 2 aliphatic heterocycles. The van der Waals surface area contributed by atoms with Gasteiger partial charge in [0, 0.05) is 50.4 Å². The van der Waals surface area contributed by atoms with Crippen LogP contribution < -0.4 is 0 Å². The molecular weight excluding hydrogens is 288 g/mol. The van der Waals surface area contributed by atoms with Crippen LogP contribution in [-0.4, -0.2) is 46.0 Å². The lowest BCUT2D eigenvalue weighted by molar-refractivity contribution is -0.177. The quantitative estimate of drug-likeness (QED) is 0.926. The minimum atomic E-state index is -0.282. The van der Waals surface area contributed by atoms with Gasteiger partial charge in [-0.25, -0.2) is 0 Å². The van der Waals surface area contributed by atoms with Crippen molar-refractivity contribution in [1.29, 1.82) is 0 Å². The molecule has 2 aromatic rings. The highest BCUT2D eigenvalue weighted by Crippen LogP contribution is 2.36. The van der Waals surface area contributed by atoms with Crippen molar-refractivity contribution in [2.45, 2.75) is 43.9 Å². The number of hydrogen-bond acceptors (Lipinski definition) is 3. The second-order valence-corrected chi connectivity index (χ2v) is 7.13. The summed E-state index contributed by atoms with van der Waals surface area (Å²) in [6, 6.07) is 8.60. The Morgan fingerprint density at radius 3 is 2.83 bits per heavy atom. The fraction of sp³-hybridized carbons (Fsp3) is 0.579. The average molecular weight is 314 g/mol. The normalized spacial score (nSPS) is 25.2. The van der Waals surface area contributed by atoms with Crippen LogP contribution in [0.2, 0.25) is 0 Å². The summed E-state index contributed by atoms with van der Waals surface area (Å²) < 4.78 is 8.22. The Morgan fingerprint density at radius 1 is 1.26 bits per heavy atom. The zero-order valence-electron chi connectivity index (χ0n) is 13.9. The minimum Gasteiger partial charge on any atom is -0.390 e. The first-order valence-electron chi connectivity index (χ1n) is 8.75. The molecule has 1 spiro atoms. The third-order valence-corrected chi connectivity index (χ3v) is 5.69. The Balaban J connectivity index is 1.47. The molecule has 4 rings (SSSR count). The van der Waals surface area contributed by atoms with E-state index in [1.165, 1.54) is 16.5 Å². The number of benzene rings is 1. The number of rotatable bonds is 2. The fourth-order valence-corrected chi connectivity index (χ4v) is 4.27. The van der Waals surface area contributed by atoms with Crippen LogP contribution in [0.4, 0.5) is 0 Å². The zero-order valence-corrected chi connectivity index (χ0v) is 13.9. The molecule has 1 atom stereocenters. The summed E-state index contributed by atoms with van der Waals surface area (Å²) in [5.41, 5.74) is 2.42. The highest BCUT2D eigenvalue weighted by molar-refractivity contribution is 5.83. The summed E-state index contributed by atoms with van der Waals surface area (Å²) in [6.45, 7) is 3.79. The predicted octanol–water partition coefficient (Wildman–Crippen LogP) is 2.68. The molecule has 23 heavy (non-hydrogen) atoms. The summed E-state index contributed by atoms with van der Waals surface area (Å²) in [5.74, 6) is 0. The fourth-order valence-electron chi connectivity index (χ4n) is 4.27. The molecule has 2 aliphatic rings. The summed E-state index contributed by atoms with van der Waals surface area (Å²) >= 11 is 0. The van der Waals surface area contributed by atoms with Crippen molar-refractivity contribution in [1.82, 2.24) is 9.47 Å². The van der Waals surface area contributed by atoms with Gasteiger partial charge in [-0.05, 0) is 37.3 Å². The van der Waals surface area contributed by atoms with Gasteiger partial charge in [-0.3, -0.25) is 4.90 Å². The van der Waals surface area contributed by atoms with Gasteiger partial charge in [-0.15, -0.1) is 0 Å². The first-order chi connectivity index (χ1) is 11.2. The number of aliphatic hydroxyl groups is 1. The molecule has 0 amide bonds. The molecule has 124 valence electrons. The van der Waals surface area contributed by atoms with Gasteiger partial charge in [0.2, 0.25) is 0 Å². The molecule has 1 aromatic carbocycles. The van der Waals surface area contributed by atoms with E-state index >= 15 is 0 Å². The molecule has 4 nitrogen and oxygen atoms in total. The topological polar surface area (TPSA) is 37.6 Å². The van der Waals surface area contributed by atoms with Crippen molar-refractivity contribution in [2.75, 3.05) is 19.7 Å². The molecule has 1 aromatic heterocycles. The standard InChI is InChI=1S/C19H26N2O2/c1-20-13-15(16-5-2-3-6-17(16)20)14-21-10-8-19(9-11-21)18(22)7-4-12-23-19/h2-3,5-6,13,18,22H,4,7-12,14H2,1H3. The number of aliphatic hydroxyl groups excluding tert-OH is 1. The molecule has 1 unspecified atom stereocenters. The van der Waals surface area contributed by atoms with E-state index in [0.717, 1.165) is 51.9 Å². The van der Waals surface area contributed by atoms with Crippen molar-refractivity contribution < 1.29 is 9.84 Å². The van der Waals surface area contributed by atoms with Gasteiger partial charge >= 0.3 is 0 Å². The van der Waals surface area contributed by atoms with E-state index in [1.807, 2.05) is 0 Å². The SMILES string of the molecule is Cn1cc(CN2CCC3(CC2)OCCCC3O)c2ccccc21. The summed E-state index contributed by atoms with van der Waals surface area (Å²) in [4.78, 5) is 2.50. The van der Waals surface area contributed by atoms with Gasteiger partial charge in [0.25, 0.3) is 0 Å². The lowest BCUT2D eigenvalue weighted by Gasteiger charge is -2.46. The third kappa shape index (κ3) is 2.69. The Kier molecular flexibility index (Phi) is 3.92. The Labute approximate surface area is 137 Å². The van der Waals surface area contributed by atoms with E-state index in [-0.39, 0.29) is 11.7 Å². The Morgan fingerprint density at radius 2 is 2.04 bits per heavy atom. The molecule has 0 aliphatic carbocycles. The largest absolute Gasteiger partial charge is 0.390 e. The third-order valence-electron chi connectivity index (χ3n) is 5.69. The number of likely N-dealkylation sites (tertiary alicyclic amines) is 1. The molecule has 1 N–H and O–H groups in total. The number of fused-ring (bicyclic) bond motifs is 1. The van der Waals surface area contributed by atoms with E-state index in [0.29, 0.717) is 0 Å². The van der Waals surface area contributed by atoms with Crippen LogP contribution in [0.15, 0.2) is 30.5 Å². The van der Waals surface area contributed by atoms with Crippen LogP contribution in [0.25, 0.3) is 10.9 Å². The molecule has 3 heterocycles. The zero-order chi connectivity index (χ0) is 15.9. The average Bonchev–Trinajstić information content (AvgIpc) is 2.89. The Bertz CT molecular complexity index is 686. The van der Waals surface area contributed by atoms with Gasteiger partial charge < -0.3 is 14.4 Å². The van der Waals surface area contributed by atoms with Crippen molar-refractivity contribution in [3.8, 4) is 0 Å². The van der Waals surface area contributed by atoms with Crippen LogP contribution in [-0.2, 0) is 18.3 Å². The molecule has 2 saturated heterocycles. The second kappa shape index (κ2) is 5.93. The number of piperidine rings is 1. The number of aromatic nitrogens is 1. The van der Waals surface area contributed by atoms with Crippen molar-refractivity contribution in [3.63, 3.8) is 0 Å². The van der Waals surface area contributed by atoms with Crippen LogP contribution in [0.1, 0.15) is 31.2 Å². The van der Waals surface area contributed by atoms with Gasteiger partial charge in [0.15, 0.2) is 0 Å². The number of hydrogen-bond donors (Lipinski definition) is 1. The highest BCUT2D eigenvalue weighted by atomic mass is 16.5. The van der Waals surface area contributed by atoms with Crippen molar-refractivity contribution >= 4 is 10.9 Å². The van der Waals surface area contributed by atoms with E-state index in [9.17, 15) is 5.11 Å². The summed E-state index contributed by atoms with van der Waals surface area (Å²) in [7, 11) is 2.11. The first kappa shape index (κ1) is 15.2. The number of nitrogens with zero attached hydrogens (tertiary/aromatic N) is 2. The van der Waals surface area contributed by atoms with E-state index in [2.05, 4.69) is 47.0 Å². The van der Waals surface area contributed by atoms with E-state index < -0.39 is 0 Å². The minimum absolute atomic E-state index is 0.270. The second-order valence-electron chi connectivity index (χ2n) is 7.13. The number of ether oxygens (including phenoxy) is 1. The van der Waals surface area contributed by atoms with Crippen LogP contribution in [0.5, 0.6) is 0 Å². The monoisotopic (exact) mass is 314 g/mol. The Hall–Kier alpha value is -1.36.